The summed E-state index contributed by atoms with van der Waals surface area (Å²) >= 11 is 6.52. The molecule has 2 aromatic carbocycles. The molecule has 0 radical (unpaired) electrons. The molecule has 3 aromatic rings. The minimum Gasteiger partial charge on any atom is -0.450 e. The summed E-state index contributed by atoms with van der Waals surface area (Å²) in [7, 11) is 0. The Morgan fingerprint density at radius 2 is 1.83 bits per heavy atom. The molecule has 0 saturated carbocycles. The van der Waals surface area contributed by atoms with Crippen LogP contribution in [0.4, 0.5) is 10.1 Å². The van der Waals surface area contributed by atoms with Crippen LogP contribution in [0.5, 0.6) is 0 Å². The van der Waals surface area contributed by atoms with Gasteiger partial charge in [-0.1, -0.05) is 36.0 Å². The normalized spacial score (nSPS) is 15.7. The molecular formula is C21H13FN2O3S2. The van der Waals surface area contributed by atoms with Crippen molar-refractivity contribution in [1.82, 2.24) is 5.32 Å². The van der Waals surface area contributed by atoms with Crippen molar-refractivity contribution >= 4 is 52.7 Å². The van der Waals surface area contributed by atoms with Crippen LogP contribution in [-0.4, -0.2) is 16.9 Å². The lowest BCUT2D eigenvalue weighted by atomic mass is 10.1. The van der Waals surface area contributed by atoms with E-state index >= 15 is 0 Å². The number of thiocarbonyl (C=S) groups is 1. The summed E-state index contributed by atoms with van der Waals surface area (Å²) in [5.41, 5.74) is 0.0686. The van der Waals surface area contributed by atoms with Crippen molar-refractivity contribution in [3.63, 3.8) is 0 Å². The maximum Gasteiger partial charge on any atom is 0.270 e. The third kappa shape index (κ3) is 4.13. The van der Waals surface area contributed by atoms with Crippen LogP contribution < -0.4 is 10.2 Å². The highest BCUT2D eigenvalue weighted by molar-refractivity contribution is 7.99. The van der Waals surface area contributed by atoms with Gasteiger partial charge in [0.15, 0.2) is 10.2 Å². The fraction of sp³-hybridized carbons (Fsp3) is 0. The van der Waals surface area contributed by atoms with E-state index in [0.29, 0.717) is 10.9 Å². The Hall–Kier alpha value is -3.23. The number of amides is 2. The summed E-state index contributed by atoms with van der Waals surface area (Å²) in [5, 5.41) is 2.96. The van der Waals surface area contributed by atoms with Crippen molar-refractivity contribution in [3.8, 4) is 0 Å². The molecule has 0 spiro atoms. The third-order valence-electron chi connectivity index (χ3n) is 4.02. The highest BCUT2D eigenvalue weighted by atomic mass is 32.2. The van der Waals surface area contributed by atoms with E-state index in [-0.39, 0.29) is 16.4 Å². The Morgan fingerprint density at radius 1 is 1.03 bits per heavy atom. The van der Waals surface area contributed by atoms with E-state index in [9.17, 15) is 14.0 Å². The van der Waals surface area contributed by atoms with E-state index in [0.717, 1.165) is 9.80 Å². The molecule has 1 aliphatic heterocycles. The summed E-state index contributed by atoms with van der Waals surface area (Å²) in [5.74, 6) is -1.47. The number of rotatable bonds is 4. The number of benzene rings is 2. The maximum atomic E-state index is 13.6. The molecule has 8 heteroatoms. The fourth-order valence-corrected chi connectivity index (χ4v) is 3.80. The largest absolute Gasteiger partial charge is 0.450 e. The van der Waals surface area contributed by atoms with E-state index in [4.69, 9.17) is 16.6 Å². The molecule has 29 heavy (non-hydrogen) atoms. The first-order chi connectivity index (χ1) is 14.0. The van der Waals surface area contributed by atoms with E-state index in [1.165, 1.54) is 42.1 Å². The predicted molar refractivity (Wildman–Crippen MR) is 112 cm³/mol. The molecule has 2 amide bonds. The van der Waals surface area contributed by atoms with E-state index in [1.54, 1.807) is 12.1 Å². The van der Waals surface area contributed by atoms with Gasteiger partial charge in [0.25, 0.3) is 11.8 Å². The van der Waals surface area contributed by atoms with Crippen LogP contribution in [-0.2, 0) is 9.59 Å². The van der Waals surface area contributed by atoms with Crippen LogP contribution in [0.25, 0.3) is 6.08 Å². The van der Waals surface area contributed by atoms with Crippen LogP contribution in [0.15, 0.2) is 86.7 Å². The van der Waals surface area contributed by atoms with Crippen molar-refractivity contribution in [2.24, 2.45) is 0 Å². The van der Waals surface area contributed by atoms with Crippen LogP contribution in [0.1, 0.15) is 5.76 Å². The average Bonchev–Trinajstić information content (AvgIpc) is 3.13. The second-order valence-corrected chi connectivity index (χ2v) is 7.47. The van der Waals surface area contributed by atoms with Crippen molar-refractivity contribution in [3.05, 3.63) is 83.9 Å². The number of furan rings is 1. The number of carbonyl (C=O) groups excluding carboxylic acids is 2. The summed E-state index contributed by atoms with van der Waals surface area (Å²) in [6, 6.07) is 18.5. The quantitative estimate of drug-likeness (QED) is 0.382. The van der Waals surface area contributed by atoms with Crippen molar-refractivity contribution in [1.29, 1.82) is 0 Å². The monoisotopic (exact) mass is 424 g/mol. The number of hydrogen-bond acceptors (Lipinski definition) is 5. The first-order valence-electron chi connectivity index (χ1n) is 8.51. The molecule has 0 unspecified atom stereocenters. The van der Waals surface area contributed by atoms with Gasteiger partial charge >= 0.3 is 0 Å². The first kappa shape index (κ1) is 19.1. The molecule has 1 fully saturated rings. The molecule has 2 heterocycles. The second kappa shape index (κ2) is 8.02. The van der Waals surface area contributed by atoms with Crippen molar-refractivity contribution in [2.45, 2.75) is 9.99 Å². The summed E-state index contributed by atoms with van der Waals surface area (Å²) in [6.07, 6.45) is 1.35. The zero-order valence-electron chi connectivity index (χ0n) is 14.8. The van der Waals surface area contributed by atoms with Crippen LogP contribution >= 0.6 is 24.0 Å². The highest BCUT2D eigenvalue weighted by Gasteiger charge is 2.34. The number of carbonyl (C=O) groups is 2. The summed E-state index contributed by atoms with van der Waals surface area (Å²) < 4.78 is 19.3. The summed E-state index contributed by atoms with van der Waals surface area (Å²) in [6.45, 7) is 0. The maximum absolute atomic E-state index is 13.6. The van der Waals surface area contributed by atoms with Crippen molar-refractivity contribution in [2.75, 3.05) is 4.90 Å². The van der Waals surface area contributed by atoms with E-state index in [2.05, 4.69) is 5.32 Å². The molecule has 1 N–H and O–H groups in total. The topological polar surface area (TPSA) is 62.6 Å². The molecular weight excluding hydrogens is 411 g/mol. The van der Waals surface area contributed by atoms with Gasteiger partial charge in [0.1, 0.15) is 17.2 Å². The molecule has 0 bridgehead atoms. The van der Waals surface area contributed by atoms with Gasteiger partial charge in [-0.2, -0.15) is 0 Å². The number of anilines is 1. The van der Waals surface area contributed by atoms with Gasteiger partial charge in [0, 0.05) is 4.90 Å². The van der Waals surface area contributed by atoms with Crippen LogP contribution in [0, 0.1) is 5.82 Å². The average molecular weight is 424 g/mol. The van der Waals surface area contributed by atoms with Crippen molar-refractivity contribution < 1.29 is 18.4 Å². The number of hydrogen-bond donors (Lipinski definition) is 1. The van der Waals surface area contributed by atoms with E-state index < -0.39 is 17.6 Å². The first-order valence-corrected chi connectivity index (χ1v) is 9.73. The molecule has 5 nitrogen and oxygen atoms in total. The lowest BCUT2D eigenvalue weighted by molar-refractivity contribution is -0.122. The van der Waals surface area contributed by atoms with Gasteiger partial charge in [0.2, 0.25) is 0 Å². The Labute approximate surface area is 175 Å². The zero-order valence-corrected chi connectivity index (χ0v) is 16.4. The summed E-state index contributed by atoms with van der Waals surface area (Å²) in [4.78, 5) is 27.3. The number of nitrogens with zero attached hydrogens (tertiary/aromatic N) is 1. The van der Waals surface area contributed by atoms with Gasteiger partial charge in [0.05, 0.1) is 5.69 Å². The minimum atomic E-state index is -0.655. The Balaban J connectivity index is 1.61. The number of nitrogens with one attached hydrogen (secondary N) is 1. The van der Waals surface area contributed by atoms with Gasteiger partial charge in [-0.15, -0.1) is 0 Å². The zero-order chi connectivity index (χ0) is 20.4. The number of halogens is 1. The predicted octanol–water partition coefficient (Wildman–Crippen LogP) is 4.40. The standard InChI is InChI=1S/C21H13FN2O3S2/c22-13-5-4-6-14(11-13)24-20(26)17(19(25)23-21(24)28)12-15-9-10-18(27-15)29-16-7-2-1-3-8-16/h1-12H,(H,23,25,28). The third-order valence-corrected chi connectivity index (χ3v) is 5.23. The second-order valence-electron chi connectivity index (χ2n) is 6.01. The fourth-order valence-electron chi connectivity index (χ4n) is 2.72. The Bertz CT molecular complexity index is 1140. The van der Waals surface area contributed by atoms with E-state index in [1.807, 2.05) is 30.3 Å². The molecule has 1 saturated heterocycles. The molecule has 144 valence electrons. The molecule has 1 aromatic heterocycles. The lowest BCUT2D eigenvalue weighted by Gasteiger charge is -2.28. The molecule has 1 aliphatic rings. The minimum absolute atomic E-state index is 0.109. The van der Waals surface area contributed by atoms with Gasteiger partial charge in [-0.05, 0) is 60.8 Å². The smallest absolute Gasteiger partial charge is 0.270 e. The molecule has 0 atom stereocenters. The van der Waals surface area contributed by atoms with Gasteiger partial charge in [-0.3, -0.25) is 19.8 Å². The Morgan fingerprint density at radius 3 is 2.59 bits per heavy atom. The molecule has 4 rings (SSSR count). The highest BCUT2D eigenvalue weighted by Crippen LogP contribution is 2.30. The lowest BCUT2D eigenvalue weighted by Crippen LogP contribution is -2.54. The van der Waals surface area contributed by atoms with Crippen LogP contribution in [0.2, 0.25) is 0 Å². The van der Waals surface area contributed by atoms with Gasteiger partial charge in [-0.25, -0.2) is 4.39 Å². The van der Waals surface area contributed by atoms with Gasteiger partial charge < -0.3 is 4.42 Å². The van der Waals surface area contributed by atoms with Crippen LogP contribution in [0.3, 0.4) is 0 Å². The SMILES string of the molecule is O=C1NC(=S)N(c2cccc(F)c2)C(=O)C1=Cc1ccc(Sc2ccccc2)o1. The Kier molecular flexibility index (Phi) is 5.28. The molecule has 0 aliphatic carbocycles.